The van der Waals surface area contributed by atoms with Gasteiger partial charge in [-0.05, 0) is 48.6 Å². The smallest absolute Gasteiger partial charge is 0.270 e. The van der Waals surface area contributed by atoms with Gasteiger partial charge in [0.05, 0.1) is 17.9 Å². The zero-order valence-electron chi connectivity index (χ0n) is 19.9. The highest BCUT2D eigenvalue weighted by Crippen LogP contribution is 2.23. The van der Waals surface area contributed by atoms with Crippen molar-refractivity contribution >= 4 is 63.9 Å². The van der Waals surface area contributed by atoms with E-state index in [1.165, 1.54) is 32.5 Å². The third-order valence-electron chi connectivity index (χ3n) is 5.28. The lowest BCUT2D eigenvalue weighted by Crippen LogP contribution is -2.26. The Kier molecular flexibility index (Phi) is 8.02. The lowest BCUT2D eigenvalue weighted by Gasteiger charge is -2.11. The molecule has 39 heavy (non-hydrogen) atoms. The molecule has 0 saturated heterocycles. The van der Waals surface area contributed by atoms with Crippen LogP contribution < -0.4 is 16.6 Å². The van der Waals surface area contributed by atoms with Crippen molar-refractivity contribution in [3.63, 3.8) is 0 Å². The van der Waals surface area contributed by atoms with E-state index in [-0.39, 0.29) is 23.0 Å². The average Bonchev–Trinajstić information content (AvgIpc) is 3.64. The average molecular weight is 599 g/mol. The molecule has 0 aliphatic carbocycles. The van der Waals surface area contributed by atoms with Crippen molar-refractivity contribution in [3.8, 4) is 0 Å². The molecule has 5 aromatic rings. The molecule has 0 saturated carbocycles. The molecule has 16 heteroatoms. The number of nitrogens with two attached hydrogens (primary N) is 1. The van der Waals surface area contributed by atoms with E-state index in [2.05, 4.69) is 36.1 Å². The second-order valence-electron chi connectivity index (χ2n) is 7.93. The molecule has 0 aliphatic heterocycles. The van der Waals surface area contributed by atoms with Gasteiger partial charge in [-0.15, -0.1) is 21.5 Å². The second-order valence-corrected chi connectivity index (χ2v) is 10.6. The van der Waals surface area contributed by atoms with Crippen LogP contribution in [0.15, 0.2) is 65.1 Å². The van der Waals surface area contributed by atoms with E-state index in [1.807, 2.05) is 6.07 Å². The number of thioether (sulfide) groups is 1. The number of amides is 2. The summed E-state index contributed by atoms with van der Waals surface area (Å²) in [4.78, 5) is 30.0. The van der Waals surface area contributed by atoms with Gasteiger partial charge >= 0.3 is 0 Å². The molecule has 3 heterocycles. The molecule has 0 atom stereocenters. The molecule has 0 radical (unpaired) electrons. The summed E-state index contributed by atoms with van der Waals surface area (Å²) in [5.41, 5.74) is 4.40. The van der Waals surface area contributed by atoms with E-state index >= 15 is 0 Å². The first-order valence-corrected chi connectivity index (χ1v) is 13.9. The Balaban J connectivity index is 1.36. The molecule has 198 valence electrons. The number of hydrogen-bond donors (Lipinski definition) is 4. The second kappa shape index (κ2) is 11.8. The molecule has 2 amide bonds. The van der Waals surface area contributed by atoms with Gasteiger partial charge in [-0.1, -0.05) is 41.6 Å². The number of H-pyrrole nitrogens is 1. The largest absolute Gasteiger partial charge is 0.335 e. The number of hydrogen-bond acceptors (Lipinski definition) is 10. The molecule has 0 aliphatic rings. The van der Waals surface area contributed by atoms with Crippen LogP contribution in [0.4, 0.5) is 5.13 Å². The summed E-state index contributed by atoms with van der Waals surface area (Å²) in [5, 5.41) is 21.2. The van der Waals surface area contributed by atoms with Gasteiger partial charge in [0.25, 0.3) is 11.8 Å². The molecule has 0 bridgehead atoms. The van der Waals surface area contributed by atoms with Crippen LogP contribution in [0.1, 0.15) is 38.1 Å². The first-order chi connectivity index (χ1) is 18.9. The van der Waals surface area contributed by atoms with Crippen LogP contribution in [0, 0.1) is 4.77 Å². The van der Waals surface area contributed by atoms with Crippen LogP contribution in [-0.2, 0) is 12.2 Å². The summed E-state index contributed by atoms with van der Waals surface area (Å²) < 4.78 is 3.03. The fraction of sp³-hybridized carbons (Fsp3) is 0.0870. The van der Waals surface area contributed by atoms with E-state index in [9.17, 15) is 9.59 Å². The number of aromatic amines is 1. The van der Waals surface area contributed by atoms with E-state index in [0.717, 1.165) is 0 Å². The van der Waals surface area contributed by atoms with Crippen molar-refractivity contribution in [2.24, 2.45) is 0 Å². The number of thiazole rings is 1. The van der Waals surface area contributed by atoms with E-state index in [1.54, 1.807) is 53.9 Å². The number of carbonyl (C=O) groups excluding carboxylic acids is 2. The first-order valence-electron chi connectivity index (χ1n) is 11.2. The topological polar surface area (TPSA) is 161 Å². The predicted octanol–water partition coefficient (Wildman–Crippen LogP) is 3.88. The zero-order valence-corrected chi connectivity index (χ0v) is 23.1. The Bertz CT molecular complexity index is 1680. The van der Waals surface area contributed by atoms with E-state index in [0.29, 0.717) is 49.5 Å². The van der Waals surface area contributed by atoms with Crippen LogP contribution >= 0.6 is 46.9 Å². The number of carbonyl (C=O) groups is 2. The molecule has 0 unspecified atom stereocenters. The Morgan fingerprint density at radius 3 is 2.51 bits per heavy atom. The summed E-state index contributed by atoms with van der Waals surface area (Å²) >= 11 is 13.6. The summed E-state index contributed by atoms with van der Waals surface area (Å²) in [5.74, 6) is 6.49. The molecule has 0 spiro atoms. The minimum atomic E-state index is -0.384. The number of aromatic nitrogens is 7. The Morgan fingerprint density at radius 2 is 1.79 bits per heavy atom. The quantitative estimate of drug-likeness (QED) is 0.112. The minimum absolute atomic E-state index is 0.238. The Labute approximate surface area is 239 Å². The highest BCUT2D eigenvalue weighted by Gasteiger charge is 2.19. The van der Waals surface area contributed by atoms with Gasteiger partial charge < -0.3 is 5.84 Å². The Morgan fingerprint density at radius 1 is 1.05 bits per heavy atom. The number of rotatable bonds is 9. The molecule has 5 N–H and O–H groups in total. The van der Waals surface area contributed by atoms with E-state index < -0.39 is 0 Å². The highest BCUT2D eigenvalue weighted by molar-refractivity contribution is 7.98. The molecule has 12 nitrogen and oxygen atoms in total. The molecular weight excluding hydrogens is 580 g/mol. The number of halogens is 1. The summed E-state index contributed by atoms with van der Waals surface area (Å²) in [7, 11) is 0. The summed E-state index contributed by atoms with van der Waals surface area (Å²) in [6.07, 6.45) is 0.238. The number of nitrogens with one attached hydrogen (secondary N) is 3. The maximum absolute atomic E-state index is 13.0. The van der Waals surface area contributed by atoms with Gasteiger partial charge in [-0.3, -0.25) is 25.4 Å². The van der Waals surface area contributed by atoms with Crippen LogP contribution in [-0.4, -0.2) is 46.5 Å². The molecule has 2 aromatic carbocycles. The third kappa shape index (κ3) is 6.34. The molecule has 5 rings (SSSR count). The summed E-state index contributed by atoms with van der Waals surface area (Å²) in [6, 6.07) is 15.3. The van der Waals surface area contributed by atoms with E-state index in [4.69, 9.17) is 29.7 Å². The predicted molar refractivity (Wildman–Crippen MR) is 152 cm³/mol. The maximum atomic E-state index is 13.0. The van der Waals surface area contributed by atoms with Crippen molar-refractivity contribution in [2.45, 2.75) is 17.3 Å². The normalized spacial score (nSPS) is 10.9. The first kappa shape index (κ1) is 26.6. The SMILES string of the molecule is Nn1c(CSc2nnc(Cc3csc(NC(=O)c4ccccc4)n3)n2NC(=O)c2ccc(Cl)cc2)n[nH]c1=S. The van der Waals surface area contributed by atoms with Crippen molar-refractivity contribution in [1.82, 2.24) is 34.7 Å². The van der Waals surface area contributed by atoms with Crippen LogP contribution in [0.3, 0.4) is 0 Å². The van der Waals surface area contributed by atoms with Crippen LogP contribution in [0.2, 0.25) is 5.02 Å². The standard InChI is InChI=1S/C23H19ClN10O2S3/c24-15-8-6-14(7-9-15)20(36)32-34-17(28-31-23(34)39-12-18-29-30-22(37)33(18)25)10-16-11-38-21(26-16)27-19(35)13-4-2-1-3-5-13/h1-9,11H,10,12,25H2,(H,30,37)(H,32,36)(H,26,27,35). The third-order valence-corrected chi connectivity index (χ3v) is 7.55. The van der Waals surface area contributed by atoms with Crippen molar-refractivity contribution in [1.29, 1.82) is 0 Å². The maximum Gasteiger partial charge on any atom is 0.270 e. The van der Waals surface area contributed by atoms with Crippen molar-refractivity contribution < 1.29 is 9.59 Å². The van der Waals surface area contributed by atoms with Crippen LogP contribution in [0.5, 0.6) is 0 Å². The fourth-order valence-electron chi connectivity index (χ4n) is 3.32. The Hall–Kier alpha value is -4.05. The van der Waals surface area contributed by atoms with Gasteiger partial charge in [-0.25, -0.2) is 14.3 Å². The number of nitrogen functional groups attached to an aromatic ring is 1. The monoisotopic (exact) mass is 598 g/mol. The van der Waals surface area contributed by atoms with Crippen LogP contribution in [0.25, 0.3) is 0 Å². The lowest BCUT2D eigenvalue weighted by molar-refractivity contribution is 0.100. The highest BCUT2D eigenvalue weighted by atomic mass is 35.5. The number of anilines is 1. The molecular formula is C23H19ClN10O2S3. The number of benzene rings is 2. The number of nitrogens with zero attached hydrogens (tertiary/aromatic N) is 6. The minimum Gasteiger partial charge on any atom is -0.335 e. The molecule has 3 aromatic heterocycles. The fourth-order valence-corrected chi connectivity index (χ4v) is 5.15. The lowest BCUT2D eigenvalue weighted by atomic mass is 10.2. The van der Waals surface area contributed by atoms with Crippen molar-refractivity contribution in [3.05, 3.63) is 98.2 Å². The van der Waals surface area contributed by atoms with Gasteiger partial charge in [-0.2, -0.15) is 5.10 Å². The molecule has 0 fully saturated rings. The van der Waals surface area contributed by atoms with Gasteiger partial charge in [0.15, 0.2) is 16.8 Å². The van der Waals surface area contributed by atoms with Gasteiger partial charge in [0.2, 0.25) is 9.93 Å². The van der Waals surface area contributed by atoms with Gasteiger partial charge in [0.1, 0.15) is 0 Å². The summed E-state index contributed by atoms with van der Waals surface area (Å²) in [6.45, 7) is 0. The van der Waals surface area contributed by atoms with Crippen molar-refractivity contribution in [2.75, 3.05) is 16.6 Å². The zero-order chi connectivity index (χ0) is 27.4. The van der Waals surface area contributed by atoms with Gasteiger partial charge in [0, 0.05) is 21.5 Å².